The van der Waals surface area contributed by atoms with Crippen molar-refractivity contribution in [1.82, 2.24) is 10.2 Å². The van der Waals surface area contributed by atoms with E-state index in [0.29, 0.717) is 22.9 Å². The predicted molar refractivity (Wildman–Crippen MR) is 105 cm³/mol. The van der Waals surface area contributed by atoms with Gasteiger partial charge in [0.1, 0.15) is 5.75 Å². The molecule has 4 nitrogen and oxygen atoms in total. The maximum atomic E-state index is 12.5. The Morgan fingerprint density at radius 1 is 1.12 bits per heavy atom. The molecule has 2 aromatic carbocycles. The van der Waals surface area contributed by atoms with Crippen molar-refractivity contribution in [2.45, 2.75) is 32.4 Å². The predicted octanol–water partition coefficient (Wildman–Crippen LogP) is 4.26. The normalized spacial score (nSPS) is 14.8. The second-order valence-corrected chi connectivity index (χ2v) is 7.04. The van der Waals surface area contributed by atoms with Gasteiger partial charge in [0.05, 0.1) is 12.1 Å². The Hall–Kier alpha value is -2.04. The highest BCUT2D eigenvalue weighted by atomic mass is 35.5. The Morgan fingerprint density at radius 3 is 2.54 bits per heavy atom. The van der Waals surface area contributed by atoms with Crippen LogP contribution in [0.1, 0.15) is 40.7 Å². The highest BCUT2D eigenvalue weighted by Gasteiger charge is 2.13. The number of likely N-dealkylation sites (tertiary alicyclic amines) is 1. The lowest BCUT2D eigenvalue weighted by molar-refractivity contribution is 0.0950. The van der Waals surface area contributed by atoms with Crippen molar-refractivity contribution in [3.05, 3.63) is 64.2 Å². The third-order valence-corrected chi connectivity index (χ3v) is 5.11. The molecule has 1 fully saturated rings. The van der Waals surface area contributed by atoms with Crippen molar-refractivity contribution < 1.29 is 9.53 Å². The molecule has 1 aliphatic heterocycles. The van der Waals surface area contributed by atoms with Crippen LogP contribution in [-0.2, 0) is 13.1 Å². The average Bonchev–Trinajstić information content (AvgIpc) is 2.68. The zero-order valence-electron chi connectivity index (χ0n) is 15.1. The molecule has 26 heavy (non-hydrogen) atoms. The Morgan fingerprint density at radius 2 is 1.85 bits per heavy atom. The number of nitrogens with one attached hydrogen (secondary N) is 1. The summed E-state index contributed by atoms with van der Waals surface area (Å²) in [6.07, 6.45) is 3.88. The van der Waals surface area contributed by atoms with Crippen molar-refractivity contribution in [1.29, 1.82) is 0 Å². The van der Waals surface area contributed by atoms with E-state index < -0.39 is 0 Å². The molecule has 0 spiro atoms. The number of benzene rings is 2. The molecule has 1 saturated heterocycles. The van der Waals surface area contributed by atoms with E-state index in [2.05, 4.69) is 28.4 Å². The van der Waals surface area contributed by atoms with Gasteiger partial charge in [-0.25, -0.2) is 0 Å². The fraction of sp³-hybridized carbons (Fsp3) is 0.381. The first kappa shape index (κ1) is 18.7. The van der Waals surface area contributed by atoms with Gasteiger partial charge in [-0.1, -0.05) is 42.3 Å². The van der Waals surface area contributed by atoms with Gasteiger partial charge in [-0.15, -0.1) is 0 Å². The number of carbonyl (C=O) groups excluding carboxylic acids is 1. The van der Waals surface area contributed by atoms with Crippen LogP contribution < -0.4 is 10.1 Å². The number of piperidine rings is 1. The topological polar surface area (TPSA) is 41.6 Å². The summed E-state index contributed by atoms with van der Waals surface area (Å²) in [5.74, 6) is 0.428. The van der Waals surface area contributed by atoms with Gasteiger partial charge in [-0.3, -0.25) is 9.69 Å². The van der Waals surface area contributed by atoms with Crippen molar-refractivity contribution in [2.24, 2.45) is 0 Å². The molecule has 1 aliphatic rings. The lowest BCUT2D eigenvalue weighted by Crippen LogP contribution is -2.30. The number of amides is 1. The molecule has 138 valence electrons. The molecule has 0 bridgehead atoms. The molecule has 1 heterocycles. The molecule has 0 atom stereocenters. The highest BCUT2D eigenvalue weighted by molar-refractivity contribution is 6.32. The van der Waals surface area contributed by atoms with Gasteiger partial charge < -0.3 is 10.1 Å². The summed E-state index contributed by atoms with van der Waals surface area (Å²) in [7, 11) is 1.56. The number of methoxy groups -OCH3 is 1. The minimum atomic E-state index is -0.137. The van der Waals surface area contributed by atoms with E-state index in [4.69, 9.17) is 16.3 Å². The first-order valence-corrected chi connectivity index (χ1v) is 9.46. The highest BCUT2D eigenvalue weighted by Crippen LogP contribution is 2.25. The van der Waals surface area contributed by atoms with E-state index in [1.807, 2.05) is 6.07 Å². The van der Waals surface area contributed by atoms with Gasteiger partial charge >= 0.3 is 0 Å². The molecule has 2 aromatic rings. The third-order valence-electron chi connectivity index (χ3n) is 4.81. The van der Waals surface area contributed by atoms with Crippen LogP contribution in [0, 0.1) is 0 Å². The molecule has 1 N–H and O–H groups in total. The number of hydrogen-bond acceptors (Lipinski definition) is 3. The summed E-state index contributed by atoms with van der Waals surface area (Å²) in [5, 5.41) is 3.44. The van der Waals surface area contributed by atoms with Crippen molar-refractivity contribution in [2.75, 3.05) is 20.2 Å². The minimum Gasteiger partial charge on any atom is -0.495 e. The van der Waals surface area contributed by atoms with Crippen molar-refractivity contribution >= 4 is 17.5 Å². The molecular formula is C21H25ClN2O2. The van der Waals surface area contributed by atoms with E-state index in [0.717, 1.165) is 25.2 Å². The number of nitrogens with zero attached hydrogens (tertiary/aromatic N) is 1. The van der Waals surface area contributed by atoms with E-state index in [9.17, 15) is 4.79 Å². The number of rotatable bonds is 6. The maximum Gasteiger partial charge on any atom is 0.251 e. The van der Waals surface area contributed by atoms with Crippen molar-refractivity contribution in [3.8, 4) is 5.75 Å². The quantitative estimate of drug-likeness (QED) is 0.823. The first-order chi connectivity index (χ1) is 12.7. The van der Waals surface area contributed by atoms with Crippen LogP contribution in [0.15, 0.2) is 42.5 Å². The van der Waals surface area contributed by atoms with Crippen molar-refractivity contribution in [3.63, 3.8) is 0 Å². The van der Waals surface area contributed by atoms with E-state index in [1.54, 1.807) is 25.3 Å². The van der Waals surface area contributed by atoms with Crippen LogP contribution in [0.25, 0.3) is 0 Å². The Labute approximate surface area is 160 Å². The van der Waals surface area contributed by atoms with Crippen LogP contribution in [0.5, 0.6) is 5.75 Å². The Balaban J connectivity index is 1.63. The lowest BCUT2D eigenvalue weighted by Gasteiger charge is -2.27. The molecule has 1 amide bonds. The number of halogens is 1. The fourth-order valence-electron chi connectivity index (χ4n) is 3.33. The minimum absolute atomic E-state index is 0.137. The lowest BCUT2D eigenvalue weighted by atomic mass is 10.0. The van der Waals surface area contributed by atoms with E-state index in [-0.39, 0.29) is 5.91 Å². The molecule has 3 rings (SSSR count). The monoisotopic (exact) mass is 372 g/mol. The van der Waals surface area contributed by atoms with Gasteiger partial charge in [0.25, 0.3) is 5.91 Å². The standard InChI is InChI=1S/C21H25ClN2O2/c1-26-20-10-9-16(13-19(20)22)21(25)23-14-17-7-3-4-8-18(17)15-24-11-5-2-6-12-24/h3-4,7-10,13H,2,5-6,11-12,14-15H2,1H3,(H,23,25). The van der Waals surface area contributed by atoms with E-state index in [1.165, 1.54) is 24.8 Å². The number of carbonyl (C=O) groups is 1. The van der Waals surface area contributed by atoms with Crippen LogP contribution in [-0.4, -0.2) is 31.0 Å². The molecular weight excluding hydrogens is 348 g/mol. The molecule has 0 aromatic heterocycles. The van der Waals surface area contributed by atoms with Crippen LogP contribution in [0.4, 0.5) is 0 Å². The number of hydrogen-bond donors (Lipinski definition) is 1. The summed E-state index contributed by atoms with van der Waals surface area (Å²) in [4.78, 5) is 14.9. The van der Waals surface area contributed by atoms with Crippen LogP contribution in [0.3, 0.4) is 0 Å². The summed E-state index contributed by atoms with van der Waals surface area (Å²) >= 11 is 6.11. The van der Waals surface area contributed by atoms with Crippen LogP contribution >= 0.6 is 11.6 Å². The summed E-state index contributed by atoms with van der Waals surface area (Å²) in [6, 6.07) is 13.4. The van der Waals surface area contributed by atoms with E-state index >= 15 is 0 Å². The summed E-state index contributed by atoms with van der Waals surface area (Å²) < 4.78 is 5.13. The van der Waals surface area contributed by atoms with Gasteiger partial charge in [0, 0.05) is 18.7 Å². The average molecular weight is 373 g/mol. The summed E-state index contributed by atoms with van der Waals surface area (Å²) in [6.45, 7) is 3.77. The van der Waals surface area contributed by atoms with Gasteiger partial charge in [-0.2, -0.15) is 0 Å². The first-order valence-electron chi connectivity index (χ1n) is 9.08. The zero-order chi connectivity index (χ0) is 18.4. The largest absolute Gasteiger partial charge is 0.495 e. The molecule has 0 unspecified atom stereocenters. The van der Waals surface area contributed by atoms with Gasteiger partial charge in [0.15, 0.2) is 0 Å². The Bertz CT molecular complexity index is 757. The zero-order valence-corrected chi connectivity index (χ0v) is 15.9. The summed E-state index contributed by atoms with van der Waals surface area (Å²) in [5.41, 5.74) is 2.97. The molecule has 5 heteroatoms. The fourth-order valence-corrected chi connectivity index (χ4v) is 3.59. The third kappa shape index (κ3) is 4.77. The number of ether oxygens (including phenoxy) is 1. The van der Waals surface area contributed by atoms with Gasteiger partial charge in [0.2, 0.25) is 0 Å². The smallest absolute Gasteiger partial charge is 0.251 e. The second-order valence-electron chi connectivity index (χ2n) is 6.64. The SMILES string of the molecule is COc1ccc(C(=O)NCc2ccccc2CN2CCCCC2)cc1Cl. The molecule has 0 aliphatic carbocycles. The van der Waals surface area contributed by atoms with Gasteiger partial charge in [-0.05, 0) is 55.3 Å². The second kappa shape index (κ2) is 9.06. The van der Waals surface area contributed by atoms with Crippen LogP contribution in [0.2, 0.25) is 5.02 Å². The Kier molecular flexibility index (Phi) is 6.53. The maximum absolute atomic E-state index is 12.5. The molecule has 0 radical (unpaired) electrons. The molecule has 0 saturated carbocycles.